The maximum atomic E-state index is 13.6. The fraction of sp³-hybridized carbons (Fsp3) is 0.333. The molecule has 0 bridgehead atoms. The second-order valence-electron chi connectivity index (χ2n) is 9.43. The maximum Gasteiger partial charge on any atom is 0.162 e. The van der Waals surface area contributed by atoms with E-state index in [9.17, 15) is 10.1 Å². The van der Waals surface area contributed by atoms with Crippen molar-refractivity contribution in [3.63, 3.8) is 0 Å². The van der Waals surface area contributed by atoms with E-state index >= 15 is 0 Å². The van der Waals surface area contributed by atoms with Gasteiger partial charge in [0.1, 0.15) is 5.82 Å². The molecule has 4 rings (SSSR count). The van der Waals surface area contributed by atoms with Gasteiger partial charge in [-0.2, -0.15) is 5.26 Å². The van der Waals surface area contributed by atoms with Crippen molar-refractivity contribution in [3.05, 3.63) is 76.3 Å². The molecule has 170 valence electrons. The van der Waals surface area contributed by atoms with E-state index < -0.39 is 5.92 Å². The molecule has 1 heterocycles. The Bertz CT molecular complexity index is 1220. The highest BCUT2D eigenvalue weighted by Crippen LogP contribution is 2.50. The molecule has 33 heavy (non-hydrogen) atoms. The Morgan fingerprint density at radius 2 is 1.73 bits per heavy atom. The lowest BCUT2D eigenvalue weighted by molar-refractivity contribution is -0.118. The minimum atomic E-state index is -0.560. The Labute approximate surface area is 194 Å². The highest BCUT2D eigenvalue weighted by Gasteiger charge is 2.44. The van der Waals surface area contributed by atoms with Gasteiger partial charge in [-0.25, -0.2) is 0 Å². The number of carbonyl (C=O) groups excluding carboxylic acids is 1. The molecule has 6 nitrogen and oxygen atoms in total. The molecule has 0 aromatic heterocycles. The molecule has 2 aromatic rings. The normalized spacial score (nSPS) is 19.8. The van der Waals surface area contributed by atoms with E-state index in [2.05, 4.69) is 19.9 Å². The number of anilines is 1. The fourth-order valence-corrected chi connectivity index (χ4v) is 4.86. The van der Waals surface area contributed by atoms with Crippen molar-refractivity contribution in [1.29, 1.82) is 5.26 Å². The molecule has 0 fully saturated rings. The highest BCUT2D eigenvalue weighted by molar-refractivity contribution is 6.01. The van der Waals surface area contributed by atoms with Crippen LogP contribution in [0.3, 0.4) is 0 Å². The minimum Gasteiger partial charge on any atom is -0.493 e. The molecular formula is C27H29N3O3. The summed E-state index contributed by atoms with van der Waals surface area (Å²) in [4.78, 5) is 15.5. The number of hydrogen-bond acceptors (Lipinski definition) is 6. The van der Waals surface area contributed by atoms with Crippen LogP contribution in [0.1, 0.15) is 43.7 Å². The quantitative estimate of drug-likeness (QED) is 0.719. The molecule has 2 N–H and O–H groups in total. The fourth-order valence-electron chi connectivity index (χ4n) is 4.86. The van der Waals surface area contributed by atoms with Gasteiger partial charge in [-0.1, -0.05) is 37.6 Å². The van der Waals surface area contributed by atoms with E-state index in [0.29, 0.717) is 41.3 Å². The van der Waals surface area contributed by atoms with Crippen LogP contribution >= 0.6 is 0 Å². The number of ketones is 1. The van der Waals surface area contributed by atoms with Gasteiger partial charge in [0.25, 0.3) is 0 Å². The van der Waals surface area contributed by atoms with Crippen molar-refractivity contribution < 1.29 is 14.3 Å². The third kappa shape index (κ3) is 3.84. The van der Waals surface area contributed by atoms with Gasteiger partial charge in [0.15, 0.2) is 17.3 Å². The Morgan fingerprint density at radius 3 is 2.33 bits per heavy atom. The molecule has 2 aliphatic rings. The lowest BCUT2D eigenvalue weighted by Gasteiger charge is -2.43. The lowest BCUT2D eigenvalue weighted by atomic mass is 9.68. The van der Waals surface area contributed by atoms with E-state index in [0.717, 1.165) is 22.5 Å². The Hall–Kier alpha value is -3.72. The summed E-state index contributed by atoms with van der Waals surface area (Å²) < 4.78 is 10.9. The smallest absolute Gasteiger partial charge is 0.162 e. The van der Waals surface area contributed by atoms with Crippen LogP contribution in [-0.4, -0.2) is 20.0 Å². The summed E-state index contributed by atoms with van der Waals surface area (Å²) in [6.07, 6.45) is 1.08. The van der Waals surface area contributed by atoms with E-state index in [1.165, 1.54) is 0 Å². The number of nitriles is 1. The minimum absolute atomic E-state index is 0.0402. The lowest BCUT2D eigenvalue weighted by Crippen LogP contribution is -2.42. The largest absolute Gasteiger partial charge is 0.493 e. The first kappa shape index (κ1) is 22.5. The number of Topliss-reactive ketones (excluding diaryl/α,β-unsaturated/α-hetero) is 1. The number of nitrogens with two attached hydrogens (primary N) is 1. The van der Waals surface area contributed by atoms with E-state index in [-0.39, 0.29) is 11.2 Å². The standard InChI is InChI=1S/C27H29N3O3/c1-16-6-9-18(10-7-16)30-20-13-27(2,3)14-21(31)25(20)24(19(15-28)26(30)29)17-8-11-22(32-4)23(12-17)33-5/h6-12,24H,13-14,29H2,1-5H3. The van der Waals surface area contributed by atoms with E-state index in [4.69, 9.17) is 15.2 Å². The highest BCUT2D eigenvalue weighted by atomic mass is 16.5. The van der Waals surface area contributed by atoms with Crippen molar-refractivity contribution >= 4 is 11.5 Å². The average molecular weight is 444 g/mol. The molecule has 1 atom stereocenters. The van der Waals surface area contributed by atoms with Crippen LogP contribution in [0, 0.1) is 23.7 Å². The van der Waals surface area contributed by atoms with Crippen LogP contribution in [0.15, 0.2) is 65.1 Å². The molecule has 6 heteroatoms. The van der Waals surface area contributed by atoms with Gasteiger partial charge in [0.2, 0.25) is 0 Å². The van der Waals surface area contributed by atoms with Gasteiger partial charge >= 0.3 is 0 Å². The maximum absolute atomic E-state index is 13.6. The topological polar surface area (TPSA) is 88.6 Å². The zero-order chi connectivity index (χ0) is 23.9. The van der Waals surface area contributed by atoms with Crippen LogP contribution in [0.5, 0.6) is 11.5 Å². The number of carbonyl (C=O) groups is 1. The molecule has 0 saturated heterocycles. The summed E-state index contributed by atoms with van der Waals surface area (Å²) in [5.74, 6) is 0.954. The van der Waals surface area contributed by atoms with Crippen molar-refractivity contribution in [3.8, 4) is 17.6 Å². The summed E-state index contributed by atoms with van der Waals surface area (Å²) in [6.45, 7) is 6.20. The van der Waals surface area contributed by atoms with Crippen LogP contribution in [0.2, 0.25) is 0 Å². The van der Waals surface area contributed by atoms with E-state index in [1.54, 1.807) is 20.3 Å². The number of aryl methyl sites for hydroxylation is 1. The molecule has 1 aliphatic carbocycles. The third-order valence-electron chi connectivity index (χ3n) is 6.41. The predicted octanol–water partition coefficient (Wildman–Crippen LogP) is 4.95. The molecular weight excluding hydrogens is 414 g/mol. The average Bonchev–Trinajstić information content (AvgIpc) is 2.78. The molecule has 1 unspecified atom stereocenters. The zero-order valence-electron chi connectivity index (χ0n) is 19.7. The summed E-state index contributed by atoms with van der Waals surface area (Å²) in [6, 6.07) is 15.8. The van der Waals surface area contributed by atoms with Crippen LogP contribution < -0.4 is 20.1 Å². The summed E-state index contributed by atoms with van der Waals surface area (Å²) in [5, 5.41) is 10.2. The van der Waals surface area contributed by atoms with Gasteiger partial charge in [0, 0.05) is 23.4 Å². The van der Waals surface area contributed by atoms with Crippen molar-refractivity contribution in [2.24, 2.45) is 11.1 Å². The molecule has 0 amide bonds. The Balaban J connectivity index is 1.98. The first-order chi connectivity index (χ1) is 15.7. The number of hydrogen-bond donors (Lipinski definition) is 1. The SMILES string of the molecule is COc1ccc(C2C(C#N)=C(N)N(c3ccc(C)cc3)C3=C2C(=O)CC(C)(C)C3)cc1OC. The van der Waals surface area contributed by atoms with Crippen molar-refractivity contribution in [2.75, 3.05) is 19.1 Å². The molecule has 0 spiro atoms. The second kappa shape index (κ2) is 8.32. The van der Waals surface area contributed by atoms with Gasteiger partial charge in [-0.15, -0.1) is 0 Å². The van der Waals surface area contributed by atoms with Crippen LogP contribution in [-0.2, 0) is 4.79 Å². The third-order valence-corrected chi connectivity index (χ3v) is 6.41. The van der Waals surface area contributed by atoms with Crippen molar-refractivity contribution in [1.82, 2.24) is 0 Å². The monoisotopic (exact) mass is 443 g/mol. The predicted molar refractivity (Wildman–Crippen MR) is 128 cm³/mol. The number of rotatable bonds is 4. The molecule has 0 saturated carbocycles. The number of benzene rings is 2. The first-order valence-electron chi connectivity index (χ1n) is 11.0. The number of methoxy groups -OCH3 is 2. The van der Waals surface area contributed by atoms with Crippen LogP contribution in [0.4, 0.5) is 5.69 Å². The summed E-state index contributed by atoms with van der Waals surface area (Å²) in [7, 11) is 3.14. The number of nitrogens with zero attached hydrogens (tertiary/aromatic N) is 2. The number of allylic oxidation sites excluding steroid dienone is 3. The van der Waals surface area contributed by atoms with Crippen molar-refractivity contribution in [2.45, 2.75) is 39.5 Å². The molecule has 1 aliphatic heterocycles. The number of ether oxygens (including phenoxy) is 2. The Kier molecular flexibility index (Phi) is 5.67. The van der Waals surface area contributed by atoms with Gasteiger partial charge in [-0.3, -0.25) is 9.69 Å². The van der Waals surface area contributed by atoms with Gasteiger partial charge in [-0.05, 0) is 48.6 Å². The van der Waals surface area contributed by atoms with Gasteiger partial charge in [0.05, 0.1) is 31.8 Å². The summed E-state index contributed by atoms with van der Waals surface area (Å²) in [5.41, 5.74) is 11.0. The molecule has 2 aromatic carbocycles. The summed E-state index contributed by atoms with van der Waals surface area (Å²) >= 11 is 0. The van der Waals surface area contributed by atoms with Crippen LogP contribution in [0.25, 0.3) is 0 Å². The zero-order valence-corrected chi connectivity index (χ0v) is 19.7. The second-order valence-corrected chi connectivity index (χ2v) is 9.43. The van der Waals surface area contributed by atoms with E-state index in [1.807, 2.05) is 48.2 Å². The molecule has 0 radical (unpaired) electrons. The van der Waals surface area contributed by atoms with Gasteiger partial charge < -0.3 is 15.2 Å². The first-order valence-corrected chi connectivity index (χ1v) is 11.0. The Morgan fingerprint density at radius 1 is 1.06 bits per heavy atom.